The Morgan fingerprint density at radius 1 is 0.496 bits per heavy atom. The van der Waals surface area contributed by atoms with Gasteiger partial charge in [0.25, 0.3) is 17.6 Å². The molecule has 3 aliphatic heterocycles. The number of carboxylic acids is 1. The molecule has 0 aliphatic carbocycles. The third-order valence-corrected chi connectivity index (χ3v) is 21.6. The number of esters is 2. The molecule has 12 rings (SSSR count). The minimum Gasteiger partial charge on any atom is -0.481 e. The average Bonchev–Trinajstić information content (AvgIpc) is 1.16. The van der Waals surface area contributed by atoms with E-state index in [4.69, 9.17) is 9.47 Å². The van der Waals surface area contributed by atoms with E-state index in [0.29, 0.717) is 58.8 Å². The molecule has 0 saturated carbocycles. The lowest BCUT2D eigenvalue weighted by Gasteiger charge is -2.44. The maximum Gasteiger partial charge on any atom is 0.422 e. The molecule has 43 heteroatoms. The zero-order chi connectivity index (χ0) is 85.0. The van der Waals surface area contributed by atoms with E-state index in [-0.39, 0.29) is 128 Å². The fourth-order valence-corrected chi connectivity index (χ4v) is 15.4. The maximum atomic E-state index is 14.9. The summed E-state index contributed by atoms with van der Waals surface area (Å²) in [6.45, 7) is 2.02. The Kier molecular flexibility index (Phi) is 31.7. The number of carbonyl (C=O) groups is 3. The number of alkyl halides is 10. The summed E-state index contributed by atoms with van der Waals surface area (Å²) in [4.78, 5) is 77.5. The quantitative estimate of drug-likeness (QED) is 0.0191. The first-order valence-electron chi connectivity index (χ1n) is 35.5. The zero-order valence-electron chi connectivity index (χ0n) is 62.8. The standard InChI is InChI=1S/C25H26F5N5O3S.C24H24F5N5O3S.C17H21FN4O2S.C8H6BrF4NO/c1-15-11-24(22(36)37-2,12-18-17(26)3-4-19(33-18)34-23-32-8-10-39-23)6-9-35(15)13-16-5-7-31-21(20(16)27)38-14-25(28,29)30;1-14-10-23(21(35)36,11-17-16(25)2-3-18(32-17)33-22-31-7-9-38-22)5-8-34(14)12-15-4-6-30-20(19(15)26)37-13-24(27,28)29;1-11-9-17(5-6-19-11,15(23)24-2)10-13-12(18)3-4-14(21-13)22-16-20-7-8-25-16;9-3-5-1-2-14-7(6(5)10)15-4-8(11,12)13/h3-5,7-8,10,15H,6,9,11-14H2,1-2H3,(H,32,33,34);2-4,6-7,9,14H,5,8,10-13H2,1H3,(H,35,36)(H,31,32,33);3-4,7-8,11,19H,5-6,9-10H2,1-2H3,(H,20,21,22);1-2H,3-4H2. The summed E-state index contributed by atoms with van der Waals surface area (Å²) in [5, 5.41) is 29.9. The number of halogens is 16. The molecule has 0 bridgehead atoms. The first-order valence-corrected chi connectivity index (χ1v) is 39.3. The molecule has 0 aromatic carbocycles. The molecular weight excluding hydrogens is 1700 g/mol. The lowest BCUT2D eigenvalue weighted by molar-refractivity contribution is -0.158. The van der Waals surface area contributed by atoms with Crippen LogP contribution in [0, 0.1) is 51.1 Å². The number of carbonyl (C=O) groups excluding carboxylic acids is 2. The van der Waals surface area contributed by atoms with Gasteiger partial charge in [0.15, 0.2) is 52.7 Å². The van der Waals surface area contributed by atoms with E-state index in [1.165, 1.54) is 109 Å². The second-order valence-electron chi connectivity index (χ2n) is 27.4. The lowest BCUT2D eigenvalue weighted by Crippen LogP contribution is -2.50. The number of carboxylic acid groups (broad SMARTS) is 1. The van der Waals surface area contributed by atoms with E-state index < -0.39 is 119 Å². The van der Waals surface area contributed by atoms with Gasteiger partial charge in [-0.1, -0.05) is 15.9 Å². The Morgan fingerprint density at radius 3 is 1.16 bits per heavy atom. The van der Waals surface area contributed by atoms with Crippen molar-refractivity contribution >= 4 is 101 Å². The number of ether oxygens (including phenoxy) is 5. The number of methoxy groups -OCH3 is 2. The summed E-state index contributed by atoms with van der Waals surface area (Å²) in [5.74, 6) is -7.28. The lowest BCUT2D eigenvalue weighted by atomic mass is 9.72. The van der Waals surface area contributed by atoms with Crippen molar-refractivity contribution in [3.05, 3.63) is 177 Å². The molecule has 9 aromatic heterocycles. The number of nitrogens with zero attached hydrogens (tertiary/aromatic N) is 11. The van der Waals surface area contributed by atoms with Crippen molar-refractivity contribution in [3.63, 3.8) is 0 Å². The van der Waals surface area contributed by atoms with Gasteiger partial charge in [-0.2, -0.15) is 39.5 Å². The Hall–Kier alpha value is -9.69. The van der Waals surface area contributed by atoms with Crippen molar-refractivity contribution in [2.75, 3.05) is 69.6 Å². The second-order valence-corrected chi connectivity index (χ2v) is 30.6. The van der Waals surface area contributed by atoms with Crippen LogP contribution in [0.15, 0.2) is 108 Å². The van der Waals surface area contributed by atoms with Crippen LogP contribution in [-0.4, -0.2) is 168 Å². The predicted octanol–water partition coefficient (Wildman–Crippen LogP) is 16.4. The fourth-order valence-electron chi connectivity index (χ4n) is 13.3. The van der Waals surface area contributed by atoms with Crippen LogP contribution in [0.4, 0.5) is 98.7 Å². The molecule has 0 amide bonds. The fraction of sp³-hybridized carbons (Fsp3) is 0.432. The number of pyridine rings is 6. The number of nitrogens with one attached hydrogen (secondary N) is 4. The van der Waals surface area contributed by atoms with Gasteiger partial charge < -0.3 is 50.1 Å². The van der Waals surface area contributed by atoms with Crippen LogP contribution in [0.25, 0.3) is 0 Å². The predicted molar refractivity (Wildman–Crippen MR) is 404 cm³/mol. The molecule has 6 atom stereocenters. The van der Waals surface area contributed by atoms with Crippen LogP contribution in [0.1, 0.15) is 93.1 Å². The third-order valence-electron chi connectivity index (χ3n) is 19.0. The molecule has 3 saturated heterocycles. The van der Waals surface area contributed by atoms with Crippen LogP contribution >= 0.6 is 49.9 Å². The number of likely N-dealkylation sites (tertiary alicyclic amines) is 2. The topological polar surface area (TPSA) is 288 Å². The number of rotatable bonds is 26. The summed E-state index contributed by atoms with van der Waals surface area (Å²) >= 11 is 7.10. The van der Waals surface area contributed by atoms with E-state index in [9.17, 15) is 85.3 Å². The molecular formula is C74H77BrF15N15O9S3. The van der Waals surface area contributed by atoms with Gasteiger partial charge in [0, 0.05) is 126 Å². The summed E-state index contributed by atoms with van der Waals surface area (Å²) in [6, 6.07) is 11.9. The number of hydrogen-bond acceptors (Lipinski definition) is 26. The Balaban J connectivity index is 0.000000187. The van der Waals surface area contributed by atoms with Gasteiger partial charge in [-0.25, -0.2) is 71.2 Å². The van der Waals surface area contributed by atoms with Crippen molar-refractivity contribution in [1.29, 1.82) is 0 Å². The van der Waals surface area contributed by atoms with Crippen molar-refractivity contribution in [1.82, 2.24) is 60.0 Å². The van der Waals surface area contributed by atoms with Gasteiger partial charge in [-0.3, -0.25) is 24.2 Å². The molecule has 3 fully saturated rings. The van der Waals surface area contributed by atoms with Gasteiger partial charge in [-0.15, -0.1) is 34.0 Å². The number of hydrogen-bond donors (Lipinski definition) is 5. The zero-order valence-corrected chi connectivity index (χ0v) is 66.8. The van der Waals surface area contributed by atoms with E-state index >= 15 is 0 Å². The molecule has 6 unspecified atom stereocenters. The highest BCUT2D eigenvalue weighted by atomic mass is 79.9. The van der Waals surface area contributed by atoms with Gasteiger partial charge in [-0.05, 0) is 134 Å². The van der Waals surface area contributed by atoms with Crippen LogP contribution in [0.2, 0.25) is 0 Å². The molecule has 12 heterocycles. The smallest absolute Gasteiger partial charge is 0.422 e. The highest BCUT2D eigenvalue weighted by molar-refractivity contribution is 9.08. The highest BCUT2D eigenvalue weighted by Crippen LogP contribution is 2.44. The van der Waals surface area contributed by atoms with Gasteiger partial charge >= 0.3 is 36.4 Å². The summed E-state index contributed by atoms with van der Waals surface area (Å²) in [6.07, 6.45) is -3.37. The normalized spacial score (nSPS) is 19.7. The molecule has 117 heavy (non-hydrogen) atoms. The number of anilines is 6. The van der Waals surface area contributed by atoms with Crippen molar-refractivity contribution in [2.45, 2.75) is 134 Å². The monoisotopic (exact) mass is 1780 g/mol. The van der Waals surface area contributed by atoms with Crippen LogP contribution in [-0.2, 0) is 61.5 Å². The highest BCUT2D eigenvalue weighted by Gasteiger charge is 2.49. The summed E-state index contributed by atoms with van der Waals surface area (Å²) < 4.78 is 220. The number of aromatic nitrogens is 9. The number of aliphatic carboxylic acids is 1. The van der Waals surface area contributed by atoms with Crippen molar-refractivity contribution < 1.29 is 109 Å². The number of thiazole rings is 3. The Labute approximate surface area is 679 Å². The Morgan fingerprint density at radius 2 is 0.838 bits per heavy atom. The third kappa shape index (κ3) is 25.9. The molecule has 24 nitrogen and oxygen atoms in total. The summed E-state index contributed by atoms with van der Waals surface area (Å²) in [5.41, 5.74) is -2.43. The molecule has 5 N–H and O–H groups in total. The van der Waals surface area contributed by atoms with Crippen molar-refractivity contribution in [3.8, 4) is 17.6 Å². The van der Waals surface area contributed by atoms with Crippen LogP contribution in [0.3, 0.4) is 0 Å². The summed E-state index contributed by atoms with van der Waals surface area (Å²) in [7, 11) is 2.64. The van der Waals surface area contributed by atoms with Gasteiger partial charge in [0.05, 0.1) is 47.5 Å². The van der Waals surface area contributed by atoms with Crippen molar-refractivity contribution in [2.24, 2.45) is 16.2 Å². The molecule has 0 radical (unpaired) electrons. The molecule has 3 aliphatic rings. The first-order chi connectivity index (χ1) is 55.4. The molecule has 0 spiro atoms. The van der Waals surface area contributed by atoms with Crippen LogP contribution < -0.4 is 35.5 Å². The van der Waals surface area contributed by atoms with Gasteiger partial charge in [0.1, 0.15) is 34.9 Å². The molecule has 632 valence electrons. The van der Waals surface area contributed by atoms with E-state index in [1.807, 2.05) is 29.0 Å². The van der Waals surface area contributed by atoms with Crippen LogP contribution in [0.5, 0.6) is 17.6 Å². The number of piperidine rings is 3. The van der Waals surface area contributed by atoms with E-state index in [1.54, 1.807) is 42.3 Å². The largest absolute Gasteiger partial charge is 0.481 e. The van der Waals surface area contributed by atoms with Gasteiger partial charge in [0.2, 0.25) is 0 Å². The maximum absolute atomic E-state index is 14.9. The minimum absolute atomic E-state index is 0.00115. The average molecular weight is 1780 g/mol. The Bertz CT molecular complexity index is 4770. The molecule has 9 aromatic rings. The van der Waals surface area contributed by atoms with E-state index in [0.717, 1.165) is 6.20 Å². The SMILES string of the molecule is CC1CC(Cc2nc(Nc3nccs3)ccc2F)(C(=O)O)CCN1Cc1ccnc(OCC(F)(F)F)c1F.COC(=O)C1(Cc2nc(Nc3nccs3)ccc2F)CCN(Cc2ccnc(OCC(F)(F)F)c2F)C(C)C1.COC(=O)C1(Cc2nc(Nc3nccs3)ccc2F)CCNC(C)C1.Fc1c(CBr)ccnc1OCC(F)(F)F. The first kappa shape index (κ1) is 91.2. The second kappa shape index (κ2) is 40.6. The van der Waals surface area contributed by atoms with E-state index in [2.05, 4.69) is 96.3 Å². The minimum atomic E-state index is -4.64.